The first-order valence-corrected chi connectivity index (χ1v) is 9.45. The number of thiazole rings is 1. The summed E-state index contributed by atoms with van der Waals surface area (Å²) in [4.78, 5) is 16.8. The van der Waals surface area contributed by atoms with Crippen molar-refractivity contribution in [2.75, 3.05) is 11.9 Å². The fraction of sp³-hybridized carbons (Fsp3) is 0.222. The average Bonchev–Trinajstić information content (AvgIpc) is 3.28. The normalized spacial score (nSPS) is 11.6. The average molecular weight is 431 g/mol. The lowest BCUT2D eigenvalue weighted by atomic mass is 10.1. The SMILES string of the molecule is O=C(C[NH2+]Cc1ccco1)Nc1ncc(Cc2cc(C(F)(F)F)ccc2Cl)s1. The van der Waals surface area contributed by atoms with Crippen molar-refractivity contribution < 1.29 is 27.7 Å². The Labute approximate surface area is 167 Å². The maximum absolute atomic E-state index is 12.9. The van der Waals surface area contributed by atoms with Crippen LogP contribution in [0.4, 0.5) is 18.3 Å². The van der Waals surface area contributed by atoms with Crippen LogP contribution in [0.25, 0.3) is 0 Å². The van der Waals surface area contributed by atoms with E-state index >= 15 is 0 Å². The smallest absolute Gasteiger partial charge is 0.416 e. The molecule has 0 aliphatic rings. The van der Waals surface area contributed by atoms with Crippen molar-refractivity contribution in [3.63, 3.8) is 0 Å². The number of aromatic nitrogens is 1. The van der Waals surface area contributed by atoms with Gasteiger partial charge >= 0.3 is 6.18 Å². The van der Waals surface area contributed by atoms with Crippen LogP contribution in [0.15, 0.2) is 47.2 Å². The molecule has 0 atom stereocenters. The van der Waals surface area contributed by atoms with E-state index in [-0.39, 0.29) is 23.9 Å². The third kappa shape index (κ3) is 5.57. The molecule has 0 aliphatic heterocycles. The second-order valence-electron chi connectivity index (χ2n) is 5.94. The van der Waals surface area contributed by atoms with E-state index in [9.17, 15) is 18.0 Å². The number of carbonyl (C=O) groups is 1. The molecule has 2 aromatic heterocycles. The van der Waals surface area contributed by atoms with Crippen LogP contribution in [0.5, 0.6) is 0 Å². The number of furan rings is 1. The van der Waals surface area contributed by atoms with Gasteiger partial charge in [0.25, 0.3) is 5.91 Å². The predicted octanol–water partition coefficient (Wildman–Crippen LogP) is 3.70. The van der Waals surface area contributed by atoms with Gasteiger partial charge in [0.15, 0.2) is 17.4 Å². The number of nitrogens with two attached hydrogens (primary N) is 1. The largest absolute Gasteiger partial charge is 0.463 e. The lowest BCUT2D eigenvalue weighted by Gasteiger charge is -2.09. The minimum Gasteiger partial charge on any atom is -0.463 e. The Kier molecular flexibility index (Phi) is 6.38. The molecule has 5 nitrogen and oxygen atoms in total. The number of carbonyl (C=O) groups excluding carboxylic acids is 1. The second kappa shape index (κ2) is 8.76. The van der Waals surface area contributed by atoms with Crippen LogP contribution in [-0.4, -0.2) is 17.4 Å². The van der Waals surface area contributed by atoms with Gasteiger partial charge in [0, 0.05) is 22.5 Å². The van der Waals surface area contributed by atoms with E-state index in [0.29, 0.717) is 22.1 Å². The number of nitrogens with zero attached hydrogens (tertiary/aromatic N) is 1. The molecule has 0 unspecified atom stereocenters. The number of rotatable bonds is 7. The Balaban J connectivity index is 1.56. The molecule has 0 radical (unpaired) electrons. The molecule has 2 heterocycles. The fourth-order valence-electron chi connectivity index (χ4n) is 2.47. The molecular weight excluding hydrogens is 415 g/mol. The van der Waals surface area contributed by atoms with E-state index in [4.69, 9.17) is 16.0 Å². The molecule has 148 valence electrons. The van der Waals surface area contributed by atoms with Gasteiger partial charge in [-0.15, -0.1) is 11.3 Å². The Hall–Kier alpha value is -2.36. The third-order valence-corrected chi connectivity index (χ3v) is 5.07. The summed E-state index contributed by atoms with van der Waals surface area (Å²) >= 11 is 7.22. The zero-order valence-corrected chi connectivity index (χ0v) is 16.0. The van der Waals surface area contributed by atoms with Crippen LogP contribution in [-0.2, 0) is 23.9 Å². The molecule has 3 aromatic rings. The van der Waals surface area contributed by atoms with E-state index < -0.39 is 11.7 Å². The van der Waals surface area contributed by atoms with Crippen molar-refractivity contribution in [2.45, 2.75) is 19.1 Å². The molecule has 1 aromatic carbocycles. The first-order valence-electron chi connectivity index (χ1n) is 8.25. The summed E-state index contributed by atoms with van der Waals surface area (Å²) in [5.74, 6) is 0.534. The van der Waals surface area contributed by atoms with E-state index in [0.717, 1.165) is 17.9 Å². The maximum atomic E-state index is 12.9. The predicted molar refractivity (Wildman–Crippen MR) is 99.2 cm³/mol. The Morgan fingerprint density at radius 1 is 1.32 bits per heavy atom. The fourth-order valence-corrected chi connectivity index (χ4v) is 3.50. The molecule has 3 N–H and O–H groups in total. The molecule has 0 saturated heterocycles. The highest BCUT2D eigenvalue weighted by atomic mass is 35.5. The Morgan fingerprint density at radius 2 is 2.14 bits per heavy atom. The van der Waals surface area contributed by atoms with Crippen LogP contribution >= 0.6 is 22.9 Å². The van der Waals surface area contributed by atoms with Crippen LogP contribution in [0, 0.1) is 0 Å². The molecule has 3 rings (SSSR count). The van der Waals surface area contributed by atoms with Gasteiger partial charge in [-0.05, 0) is 35.9 Å². The summed E-state index contributed by atoms with van der Waals surface area (Å²) in [7, 11) is 0. The van der Waals surface area contributed by atoms with Gasteiger partial charge in [0.1, 0.15) is 6.54 Å². The molecule has 0 fully saturated rings. The summed E-state index contributed by atoms with van der Waals surface area (Å²) < 4.78 is 43.8. The van der Waals surface area contributed by atoms with Gasteiger partial charge in [-0.3, -0.25) is 10.1 Å². The van der Waals surface area contributed by atoms with Crippen molar-refractivity contribution in [3.05, 3.63) is 69.6 Å². The molecular formula is C18H16ClF3N3O2S+. The van der Waals surface area contributed by atoms with Crippen molar-refractivity contribution >= 4 is 34.0 Å². The number of benzene rings is 1. The lowest BCUT2D eigenvalue weighted by Crippen LogP contribution is -2.84. The van der Waals surface area contributed by atoms with Crippen LogP contribution < -0.4 is 10.6 Å². The van der Waals surface area contributed by atoms with Crippen molar-refractivity contribution in [3.8, 4) is 0 Å². The molecule has 0 saturated carbocycles. The quantitative estimate of drug-likeness (QED) is 0.600. The standard InChI is InChI=1S/C18H15ClF3N3O2S/c19-15-4-3-12(18(20,21)22)6-11(15)7-14-9-24-17(28-14)25-16(26)10-23-8-13-2-1-5-27-13/h1-6,9,23H,7-8,10H2,(H,24,25,26)/p+1. The molecule has 0 spiro atoms. The van der Waals surface area contributed by atoms with Crippen molar-refractivity contribution in [1.82, 2.24) is 4.98 Å². The highest BCUT2D eigenvalue weighted by Gasteiger charge is 2.30. The highest BCUT2D eigenvalue weighted by Crippen LogP contribution is 2.33. The topological polar surface area (TPSA) is 71.7 Å². The molecule has 0 aliphatic carbocycles. The first kappa shape index (κ1) is 20.4. The molecule has 10 heteroatoms. The molecule has 28 heavy (non-hydrogen) atoms. The second-order valence-corrected chi connectivity index (χ2v) is 7.46. The zero-order chi connectivity index (χ0) is 20.1. The summed E-state index contributed by atoms with van der Waals surface area (Å²) in [5, 5.41) is 5.09. The zero-order valence-electron chi connectivity index (χ0n) is 14.4. The number of alkyl halides is 3. The van der Waals surface area contributed by atoms with Gasteiger partial charge in [-0.2, -0.15) is 13.2 Å². The summed E-state index contributed by atoms with van der Waals surface area (Å²) in [5.41, 5.74) is -0.401. The van der Waals surface area contributed by atoms with Gasteiger partial charge in [0.05, 0.1) is 11.8 Å². The molecule has 0 bridgehead atoms. The Morgan fingerprint density at radius 3 is 2.86 bits per heavy atom. The number of nitrogens with one attached hydrogen (secondary N) is 1. The number of amides is 1. The van der Waals surface area contributed by atoms with Gasteiger partial charge < -0.3 is 9.73 Å². The molecule has 1 amide bonds. The van der Waals surface area contributed by atoms with Crippen LogP contribution in [0.1, 0.15) is 21.8 Å². The first-order chi connectivity index (χ1) is 13.3. The lowest BCUT2D eigenvalue weighted by molar-refractivity contribution is -0.661. The third-order valence-electron chi connectivity index (χ3n) is 3.79. The minimum atomic E-state index is -4.43. The van der Waals surface area contributed by atoms with Crippen LogP contribution in [0.3, 0.4) is 0 Å². The van der Waals surface area contributed by atoms with Crippen molar-refractivity contribution in [2.24, 2.45) is 0 Å². The summed E-state index contributed by atoms with van der Waals surface area (Å²) in [6.07, 6.45) is -1.15. The summed E-state index contributed by atoms with van der Waals surface area (Å²) in [6, 6.07) is 6.81. The number of halogens is 4. The number of anilines is 1. The van der Waals surface area contributed by atoms with Crippen molar-refractivity contribution in [1.29, 1.82) is 0 Å². The Bertz CT molecular complexity index is 942. The number of hydrogen-bond acceptors (Lipinski definition) is 4. The number of quaternary nitrogens is 1. The van der Waals surface area contributed by atoms with E-state index in [1.807, 2.05) is 6.07 Å². The highest BCUT2D eigenvalue weighted by molar-refractivity contribution is 7.15. The van der Waals surface area contributed by atoms with E-state index in [1.54, 1.807) is 17.6 Å². The van der Waals surface area contributed by atoms with Gasteiger partial charge in [-0.25, -0.2) is 4.98 Å². The number of hydrogen-bond donors (Lipinski definition) is 2. The van der Waals surface area contributed by atoms with Gasteiger partial charge in [0.2, 0.25) is 0 Å². The monoisotopic (exact) mass is 430 g/mol. The van der Waals surface area contributed by atoms with Crippen LogP contribution in [0.2, 0.25) is 5.02 Å². The summed E-state index contributed by atoms with van der Waals surface area (Å²) in [6.45, 7) is 0.729. The van der Waals surface area contributed by atoms with Gasteiger partial charge in [-0.1, -0.05) is 11.6 Å². The van der Waals surface area contributed by atoms with E-state index in [1.165, 1.54) is 23.6 Å². The maximum Gasteiger partial charge on any atom is 0.416 e. The van der Waals surface area contributed by atoms with E-state index in [2.05, 4.69) is 10.3 Å². The minimum absolute atomic E-state index is 0.190.